The number of aryl methyl sites for hydroxylation is 1. The van der Waals surface area contributed by atoms with E-state index < -0.39 is 0 Å². The molecule has 7 heteroatoms. The number of para-hydroxylation sites is 1. The molecule has 0 aliphatic rings. The van der Waals surface area contributed by atoms with Crippen LogP contribution in [0.5, 0.6) is 0 Å². The first-order valence-corrected chi connectivity index (χ1v) is 9.98. The van der Waals surface area contributed by atoms with Gasteiger partial charge in [-0.05, 0) is 43.4 Å². The molecule has 0 fully saturated rings. The van der Waals surface area contributed by atoms with E-state index in [0.29, 0.717) is 12.2 Å². The van der Waals surface area contributed by atoms with Crippen LogP contribution in [0.1, 0.15) is 18.4 Å². The topological polar surface area (TPSA) is 81.2 Å². The van der Waals surface area contributed by atoms with Gasteiger partial charge in [-0.15, -0.1) is 16.9 Å². The Bertz CT molecular complexity index is 1050. The lowest BCUT2D eigenvalue weighted by Gasteiger charge is -2.02. The van der Waals surface area contributed by atoms with Gasteiger partial charge in [0.25, 0.3) is 5.89 Å². The second kappa shape index (κ2) is 8.31. The highest BCUT2D eigenvalue weighted by molar-refractivity contribution is 7.99. The third kappa shape index (κ3) is 4.43. The van der Waals surface area contributed by atoms with Gasteiger partial charge in [-0.25, -0.2) is 0 Å². The summed E-state index contributed by atoms with van der Waals surface area (Å²) in [5.74, 6) is 1.43. The van der Waals surface area contributed by atoms with Gasteiger partial charge in [-0.1, -0.05) is 41.0 Å². The summed E-state index contributed by atoms with van der Waals surface area (Å²) < 4.78 is 11.2. The Kier molecular flexibility index (Phi) is 5.43. The van der Waals surface area contributed by atoms with Crippen molar-refractivity contribution in [3.8, 4) is 11.7 Å². The zero-order valence-electron chi connectivity index (χ0n) is 15.3. The highest BCUT2D eigenvalue weighted by atomic mass is 32.2. The molecule has 2 aromatic heterocycles. The number of nitrogens with zero attached hydrogens (tertiary/aromatic N) is 2. The molecule has 28 heavy (non-hydrogen) atoms. The maximum absolute atomic E-state index is 12.1. The lowest BCUT2D eigenvalue weighted by molar-refractivity contribution is -0.116. The number of thioether (sulfide) groups is 1. The summed E-state index contributed by atoms with van der Waals surface area (Å²) in [5, 5.41) is 11.4. The molecule has 6 nitrogen and oxygen atoms in total. The first-order valence-electron chi connectivity index (χ1n) is 8.99. The minimum Gasteiger partial charge on any atom is -0.451 e. The molecule has 0 bridgehead atoms. The van der Waals surface area contributed by atoms with E-state index in [4.69, 9.17) is 8.83 Å². The van der Waals surface area contributed by atoms with Gasteiger partial charge in [0, 0.05) is 16.7 Å². The third-order valence-corrected chi connectivity index (χ3v) is 5.24. The summed E-state index contributed by atoms with van der Waals surface area (Å²) in [6, 6.07) is 17.9. The Morgan fingerprint density at radius 1 is 1.07 bits per heavy atom. The molecule has 0 saturated carbocycles. The molecule has 2 aromatic carbocycles. The second-order valence-electron chi connectivity index (χ2n) is 6.37. The number of benzene rings is 2. The number of amides is 1. The first kappa shape index (κ1) is 18.3. The van der Waals surface area contributed by atoms with Crippen LogP contribution in [0.4, 0.5) is 6.01 Å². The number of furan rings is 1. The molecule has 4 aromatic rings. The van der Waals surface area contributed by atoms with Crippen molar-refractivity contribution in [2.45, 2.75) is 24.7 Å². The fourth-order valence-corrected chi connectivity index (χ4v) is 3.55. The lowest BCUT2D eigenvalue weighted by atomic mass is 10.2. The average Bonchev–Trinajstić information content (AvgIpc) is 3.33. The monoisotopic (exact) mass is 393 g/mol. The molecule has 142 valence electrons. The van der Waals surface area contributed by atoms with Gasteiger partial charge in [0.2, 0.25) is 5.91 Å². The smallest absolute Gasteiger partial charge is 0.322 e. The van der Waals surface area contributed by atoms with Gasteiger partial charge in [-0.2, -0.15) is 0 Å². The van der Waals surface area contributed by atoms with E-state index in [1.165, 1.54) is 10.5 Å². The van der Waals surface area contributed by atoms with Crippen LogP contribution in [0.15, 0.2) is 68.3 Å². The van der Waals surface area contributed by atoms with E-state index in [9.17, 15) is 4.79 Å². The SMILES string of the molecule is Cc1ccc(SCCCC(=O)Nc2nnc(-c3cc4ccccc4o3)o2)cc1. The van der Waals surface area contributed by atoms with Crippen LogP contribution >= 0.6 is 11.8 Å². The Hall–Kier alpha value is -3.06. The van der Waals surface area contributed by atoms with Gasteiger partial charge in [0.1, 0.15) is 5.58 Å². The quantitative estimate of drug-likeness (QED) is 0.339. The number of rotatable bonds is 7. The average molecular weight is 393 g/mol. The van der Waals surface area contributed by atoms with Gasteiger partial charge < -0.3 is 8.83 Å². The van der Waals surface area contributed by atoms with Crippen LogP contribution in [-0.2, 0) is 4.79 Å². The molecule has 4 rings (SSSR count). The second-order valence-corrected chi connectivity index (χ2v) is 7.54. The van der Waals surface area contributed by atoms with Crippen LogP contribution in [0, 0.1) is 6.92 Å². The van der Waals surface area contributed by atoms with Crippen molar-refractivity contribution in [3.63, 3.8) is 0 Å². The molecule has 0 unspecified atom stereocenters. The molecule has 0 spiro atoms. The Morgan fingerprint density at radius 2 is 1.89 bits per heavy atom. The van der Waals surface area contributed by atoms with E-state index in [-0.39, 0.29) is 17.8 Å². The first-order chi connectivity index (χ1) is 13.7. The minimum atomic E-state index is -0.149. The van der Waals surface area contributed by atoms with Gasteiger partial charge in [0.15, 0.2) is 5.76 Å². The maximum atomic E-state index is 12.1. The zero-order valence-corrected chi connectivity index (χ0v) is 16.2. The fourth-order valence-electron chi connectivity index (χ4n) is 2.70. The largest absolute Gasteiger partial charge is 0.451 e. The molecule has 1 amide bonds. The minimum absolute atomic E-state index is 0.0756. The van der Waals surface area contributed by atoms with Gasteiger partial charge in [-0.3, -0.25) is 10.1 Å². The number of carbonyl (C=O) groups excluding carboxylic acids is 1. The van der Waals surface area contributed by atoms with Crippen molar-refractivity contribution in [1.82, 2.24) is 10.2 Å². The van der Waals surface area contributed by atoms with Crippen LogP contribution in [0.25, 0.3) is 22.6 Å². The predicted octanol–water partition coefficient (Wildman–Crippen LogP) is 5.30. The summed E-state index contributed by atoms with van der Waals surface area (Å²) in [6.45, 7) is 2.07. The Morgan fingerprint density at radius 3 is 2.71 bits per heavy atom. The van der Waals surface area contributed by atoms with Crippen LogP contribution in [0.3, 0.4) is 0 Å². The molecular formula is C21H19N3O3S. The van der Waals surface area contributed by atoms with Gasteiger partial charge >= 0.3 is 6.01 Å². The van der Waals surface area contributed by atoms with E-state index in [0.717, 1.165) is 23.1 Å². The fraction of sp³-hybridized carbons (Fsp3) is 0.190. The zero-order chi connectivity index (χ0) is 19.3. The lowest BCUT2D eigenvalue weighted by Crippen LogP contribution is -2.11. The summed E-state index contributed by atoms with van der Waals surface area (Å²) >= 11 is 1.74. The number of carbonyl (C=O) groups is 1. The molecule has 0 aliphatic carbocycles. The van der Waals surface area contributed by atoms with Crippen LogP contribution in [-0.4, -0.2) is 21.9 Å². The summed E-state index contributed by atoms with van der Waals surface area (Å²) in [5.41, 5.74) is 1.98. The van der Waals surface area contributed by atoms with E-state index in [1.807, 2.05) is 30.3 Å². The highest BCUT2D eigenvalue weighted by Crippen LogP contribution is 2.27. The van der Waals surface area contributed by atoms with Crippen molar-refractivity contribution < 1.29 is 13.6 Å². The van der Waals surface area contributed by atoms with Crippen LogP contribution < -0.4 is 5.32 Å². The predicted molar refractivity (Wildman–Crippen MR) is 109 cm³/mol. The van der Waals surface area contributed by atoms with E-state index >= 15 is 0 Å². The molecule has 0 radical (unpaired) electrons. The molecule has 0 atom stereocenters. The molecule has 1 N–H and O–H groups in total. The number of aromatic nitrogens is 2. The van der Waals surface area contributed by atoms with Crippen LogP contribution in [0.2, 0.25) is 0 Å². The van der Waals surface area contributed by atoms with Crippen molar-refractivity contribution in [1.29, 1.82) is 0 Å². The Labute approximate surface area is 166 Å². The summed E-state index contributed by atoms with van der Waals surface area (Å²) in [6.07, 6.45) is 1.15. The van der Waals surface area contributed by atoms with Gasteiger partial charge in [0.05, 0.1) is 0 Å². The number of fused-ring (bicyclic) bond motifs is 1. The number of hydrogen-bond acceptors (Lipinski definition) is 6. The molecule has 2 heterocycles. The number of nitrogens with one attached hydrogen (secondary N) is 1. The molecule has 0 aliphatic heterocycles. The Balaban J connectivity index is 1.27. The third-order valence-electron chi connectivity index (χ3n) is 4.15. The van der Waals surface area contributed by atoms with Crippen molar-refractivity contribution in [2.24, 2.45) is 0 Å². The standard InChI is InChI=1S/C21H19N3O3S/c1-14-8-10-16(11-9-14)28-12-4-7-19(25)22-21-24-23-20(27-21)18-13-15-5-2-3-6-17(15)26-18/h2-3,5-6,8-11,13H,4,7,12H2,1H3,(H,22,24,25). The summed E-state index contributed by atoms with van der Waals surface area (Å²) in [4.78, 5) is 13.3. The number of anilines is 1. The maximum Gasteiger partial charge on any atom is 0.322 e. The summed E-state index contributed by atoms with van der Waals surface area (Å²) in [7, 11) is 0. The van der Waals surface area contributed by atoms with E-state index in [1.54, 1.807) is 11.8 Å². The van der Waals surface area contributed by atoms with Crippen molar-refractivity contribution in [3.05, 3.63) is 60.2 Å². The number of hydrogen-bond donors (Lipinski definition) is 1. The highest BCUT2D eigenvalue weighted by Gasteiger charge is 2.15. The normalized spacial score (nSPS) is 11.0. The molecule has 0 saturated heterocycles. The molecular weight excluding hydrogens is 374 g/mol. The van der Waals surface area contributed by atoms with Crippen molar-refractivity contribution >= 4 is 34.7 Å². The van der Waals surface area contributed by atoms with E-state index in [2.05, 4.69) is 46.7 Å². The van der Waals surface area contributed by atoms with Crippen molar-refractivity contribution in [2.75, 3.05) is 11.1 Å².